The van der Waals surface area contributed by atoms with E-state index < -0.39 is 0 Å². The summed E-state index contributed by atoms with van der Waals surface area (Å²) < 4.78 is 0. The lowest BCUT2D eigenvalue weighted by molar-refractivity contribution is 0.256. The second kappa shape index (κ2) is 8.82. The molecule has 1 aliphatic carbocycles. The van der Waals surface area contributed by atoms with Crippen LogP contribution in [-0.4, -0.2) is 54.1 Å². The van der Waals surface area contributed by atoms with Crippen molar-refractivity contribution in [2.75, 3.05) is 20.1 Å². The molecule has 2 unspecified atom stereocenters. The Balaban J connectivity index is 0.00000210. The van der Waals surface area contributed by atoms with Gasteiger partial charge in [0.05, 0.1) is 0 Å². The van der Waals surface area contributed by atoms with Crippen molar-refractivity contribution in [2.45, 2.75) is 57.7 Å². The number of hydrogen-bond acceptors (Lipinski definition) is 2. The van der Waals surface area contributed by atoms with E-state index in [4.69, 9.17) is 0 Å². The van der Waals surface area contributed by atoms with E-state index in [1.165, 1.54) is 41.3 Å². The molecule has 0 amide bonds. The molecule has 1 saturated heterocycles. The van der Waals surface area contributed by atoms with Crippen LogP contribution in [0.25, 0.3) is 10.9 Å². The van der Waals surface area contributed by atoms with Crippen molar-refractivity contribution in [3.8, 4) is 0 Å². The Morgan fingerprint density at radius 1 is 1.33 bits per heavy atom. The van der Waals surface area contributed by atoms with Crippen molar-refractivity contribution in [1.82, 2.24) is 20.5 Å². The number of nitrogens with zero attached hydrogens (tertiary/aromatic N) is 2. The number of aryl methyl sites for hydroxylation is 1. The molecule has 2 aromatic rings. The quantitative estimate of drug-likeness (QED) is 0.349. The molecule has 2 heterocycles. The third-order valence-electron chi connectivity index (χ3n) is 5.90. The standard InChI is InChI=1S/C21H31N5.HI/c1-14-5-4-6-19-16(12-24-20(14)19)9-10-23-21(22-3)25-17-11-15(2)26(13-17)18-7-8-18;/h4-6,12,15,17-18,24H,7-11,13H2,1-3H3,(H2,22,23,25);1H. The van der Waals surface area contributed by atoms with Crippen LogP contribution in [0.4, 0.5) is 0 Å². The minimum Gasteiger partial charge on any atom is -0.361 e. The summed E-state index contributed by atoms with van der Waals surface area (Å²) in [6.07, 6.45) is 7.10. The summed E-state index contributed by atoms with van der Waals surface area (Å²) in [5, 5.41) is 8.45. The summed E-state index contributed by atoms with van der Waals surface area (Å²) in [5.41, 5.74) is 3.92. The largest absolute Gasteiger partial charge is 0.361 e. The average molecular weight is 481 g/mol. The van der Waals surface area contributed by atoms with Crippen LogP contribution < -0.4 is 10.6 Å². The van der Waals surface area contributed by atoms with E-state index in [2.05, 4.69) is 63.8 Å². The number of halogens is 1. The maximum absolute atomic E-state index is 4.43. The third-order valence-corrected chi connectivity index (χ3v) is 5.90. The number of fused-ring (bicyclic) bond motifs is 1. The fraction of sp³-hybridized carbons (Fsp3) is 0.571. The van der Waals surface area contributed by atoms with Gasteiger partial charge in [0.15, 0.2) is 5.96 Å². The van der Waals surface area contributed by atoms with Gasteiger partial charge in [0, 0.05) is 55.4 Å². The van der Waals surface area contributed by atoms with Gasteiger partial charge in [-0.2, -0.15) is 0 Å². The van der Waals surface area contributed by atoms with Crippen molar-refractivity contribution >= 4 is 40.8 Å². The van der Waals surface area contributed by atoms with Crippen molar-refractivity contribution in [3.05, 3.63) is 35.5 Å². The number of nitrogens with one attached hydrogen (secondary N) is 3. The SMILES string of the molecule is CN=C(NCCc1c[nH]c2c(C)cccc12)NC1CC(C)N(C2CC2)C1.I. The lowest BCUT2D eigenvalue weighted by Crippen LogP contribution is -2.45. The highest BCUT2D eigenvalue weighted by Gasteiger charge is 2.38. The first-order valence-corrected chi connectivity index (χ1v) is 9.94. The van der Waals surface area contributed by atoms with Crippen LogP contribution in [0.15, 0.2) is 29.4 Å². The summed E-state index contributed by atoms with van der Waals surface area (Å²) in [6.45, 7) is 6.54. The van der Waals surface area contributed by atoms with E-state index in [0.29, 0.717) is 12.1 Å². The summed E-state index contributed by atoms with van der Waals surface area (Å²) in [4.78, 5) is 10.5. The molecule has 1 aromatic carbocycles. The number of guanidine groups is 1. The fourth-order valence-electron chi connectivity index (χ4n) is 4.35. The molecule has 4 rings (SSSR count). The van der Waals surface area contributed by atoms with Crippen molar-refractivity contribution in [2.24, 2.45) is 4.99 Å². The van der Waals surface area contributed by atoms with E-state index in [1.807, 2.05) is 7.05 Å². The Bertz CT molecular complexity index is 795. The zero-order valence-corrected chi connectivity index (χ0v) is 18.9. The van der Waals surface area contributed by atoms with Gasteiger partial charge in [0.2, 0.25) is 0 Å². The van der Waals surface area contributed by atoms with E-state index in [1.54, 1.807) is 0 Å². The van der Waals surface area contributed by atoms with Gasteiger partial charge in [-0.25, -0.2) is 0 Å². The minimum atomic E-state index is 0. The molecule has 5 nitrogen and oxygen atoms in total. The number of H-pyrrole nitrogens is 1. The zero-order valence-electron chi connectivity index (χ0n) is 16.6. The number of rotatable bonds is 5. The molecular weight excluding hydrogens is 449 g/mol. The van der Waals surface area contributed by atoms with Gasteiger partial charge in [-0.15, -0.1) is 24.0 Å². The highest BCUT2D eigenvalue weighted by Crippen LogP contribution is 2.33. The molecule has 0 bridgehead atoms. The normalized spacial score (nSPS) is 23.4. The van der Waals surface area contributed by atoms with Gasteiger partial charge < -0.3 is 15.6 Å². The van der Waals surface area contributed by atoms with E-state index in [9.17, 15) is 0 Å². The number of para-hydroxylation sites is 1. The number of aliphatic imine (C=N–C) groups is 1. The molecule has 1 saturated carbocycles. The first-order chi connectivity index (χ1) is 12.7. The van der Waals surface area contributed by atoms with Crippen molar-refractivity contribution in [3.63, 3.8) is 0 Å². The first kappa shape index (κ1) is 20.5. The maximum atomic E-state index is 4.43. The van der Waals surface area contributed by atoms with E-state index >= 15 is 0 Å². The van der Waals surface area contributed by atoms with Crippen LogP contribution >= 0.6 is 24.0 Å². The minimum absolute atomic E-state index is 0. The van der Waals surface area contributed by atoms with Gasteiger partial charge in [0.25, 0.3) is 0 Å². The van der Waals surface area contributed by atoms with Gasteiger partial charge in [-0.1, -0.05) is 18.2 Å². The topological polar surface area (TPSA) is 55.5 Å². The summed E-state index contributed by atoms with van der Waals surface area (Å²) >= 11 is 0. The zero-order chi connectivity index (χ0) is 18.1. The van der Waals surface area contributed by atoms with Gasteiger partial charge in [0.1, 0.15) is 0 Å². The van der Waals surface area contributed by atoms with E-state index in [-0.39, 0.29) is 24.0 Å². The lowest BCUT2D eigenvalue weighted by Gasteiger charge is -2.20. The molecule has 27 heavy (non-hydrogen) atoms. The van der Waals surface area contributed by atoms with Crippen LogP contribution in [0.3, 0.4) is 0 Å². The van der Waals surface area contributed by atoms with Gasteiger partial charge in [-0.05, 0) is 50.7 Å². The second-order valence-corrected chi connectivity index (χ2v) is 7.91. The predicted molar refractivity (Wildman–Crippen MR) is 124 cm³/mol. The average Bonchev–Trinajstić information content (AvgIpc) is 3.29. The maximum Gasteiger partial charge on any atom is 0.191 e. The Morgan fingerprint density at radius 3 is 2.89 bits per heavy atom. The van der Waals surface area contributed by atoms with Crippen molar-refractivity contribution < 1.29 is 0 Å². The highest BCUT2D eigenvalue weighted by molar-refractivity contribution is 14.0. The number of hydrogen-bond donors (Lipinski definition) is 3. The predicted octanol–water partition coefficient (Wildman–Crippen LogP) is 3.43. The molecule has 2 fully saturated rings. The number of benzene rings is 1. The Hall–Kier alpha value is -1.28. The molecule has 0 spiro atoms. The summed E-state index contributed by atoms with van der Waals surface area (Å²) in [7, 11) is 1.86. The van der Waals surface area contributed by atoms with E-state index in [0.717, 1.165) is 31.5 Å². The fourth-order valence-corrected chi connectivity index (χ4v) is 4.35. The molecule has 2 atom stereocenters. The Morgan fingerprint density at radius 2 is 2.15 bits per heavy atom. The molecule has 1 aliphatic heterocycles. The lowest BCUT2D eigenvalue weighted by atomic mass is 10.1. The highest BCUT2D eigenvalue weighted by atomic mass is 127. The smallest absolute Gasteiger partial charge is 0.191 e. The van der Waals surface area contributed by atoms with Crippen LogP contribution in [0, 0.1) is 6.92 Å². The van der Waals surface area contributed by atoms with Crippen molar-refractivity contribution in [1.29, 1.82) is 0 Å². The molecule has 2 aliphatic rings. The van der Waals surface area contributed by atoms with Crippen LogP contribution in [0.2, 0.25) is 0 Å². The second-order valence-electron chi connectivity index (χ2n) is 7.91. The molecule has 6 heteroatoms. The van der Waals surface area contributed by atoms with Crippen LogP contribution in [0.5, 0.6) is 0 Å². The molecule has 148 valence electrons. The van der Waals surface area contributed by atoms with Crippen LogP contribution in [0.1, 0.15) is 37.3 Å². The monoisotopic (exact) mass is 481 g/mol. The third kappa shape index (κ3) is 4.59. The molecule has 1 aromatic heterocycles. The molecular formula is C21H32IN5. The number of aromatic amines is 1. The number of likely N-dealkylation sites (tertiary alicyclic amines) is 1. The van der Waals surface area contributed by atoms with Gasteiger partial charge >= 0.3 is 0 Å². The van der Waals surface area contributed by atoms with Gasteiger partial charge in [-0.3, -0.25) is 9.89 Å². The molecule has 0 radical (unpaired) electrons. The van der Waals surface area contributed by atoms with Crippen LogP contribution in [-0.2, 0) is 6.42 Å². The summed E-state index contributed by atoms with van der Waals surface area (Å²) in [6, 6.07) is 8.53. The molecule has 3 N–H and O–H groups in total. The Labute approximate surface area is 179 Å². The summed E-state index contributed by atoms with van der Waals surface area (Å²) in [5.74, 6) is 0.927. The number of aromatic nitrogens is 1. The first-order valence-electron chi connectivity index (χ1n) is 9.94. The Kier molecular flexibility index (Phi) is 6.68.